The fraction of sp³-hybridized carbons (Fsp3) is 0.817. The topological polar surface area (TPSA) is 228 Å². The van der Waals surface area contributed by atoms with Crippen LogP contribution in [0.15, 0.2) is 72.9 Å². The normalized spacial score (nSPS) is 24.0. The number of hydrogen-bond donors (Lipinski definition) is 9. The minimum absolute atomic E-state index is 0.230. The molecule has 2 fully saturated rings. The number of allylic oxidation sites excluding steroid dienone is 12. The van der Waals surface area contributed by atoms with Gasteiger partial charge in [-0.3, -0.25) is 4.79 Å². The van der Waals surface area contributed by atoms with E-state index < -0.39 is 86.8 Å². The van der Waals surface area contributed by atoms with Crippen LogP contribution in [-0.4, -0.2) is 140 Å². The number of carbonyl (C=O) groups excluding carboxylic acids is 1. The molecule has 1 amide bonds. The van der Waals surface area contributed by atoms with E-state index in [2.05, 4.69) is 92.1 Å². The summed E-state index contributed by atoms with van der Waals surface area (Å²) in [6.45, 7) is 2.76. The Balaban J connectivity index is 1.69. The van der Waals surface area contributed by atoms with Gasteiger partial charge in [-0.1, -0.05) is 279 Å². The zero-order chi connectivity index (χ0) is 61.6. The van der Waals surface area contributed by atoms with Crippen LogP contribution in [0.2, 0.25) is 0 Å². The summed E-state index contributed by atoms with van der Waals surface area (Å²) in [6, 6.07) is -0.849. The molecule has 14 nitrogen and oxygen atoms in total. The molecule has 0 saturated carbocycles. The standard InChI is InChI=1S/C71H127NO13/c1-3-5-7-9-11-13-15-17-19-21-23-25-27-28-29-30-31-33-34-36-38-40-42-44-46-48-50-52-54-60(75)59(58-82-70-68(81)66(79)69(62(57-74)84-70)85-71-67(80)65(78)64(77)61(56-73)83-71)72-63(76)55-53-51-49-47-45-43-41-39-37-35-32-26-24-22-20-18-16-14-12-10-8-6-4-2/h6,8,12,14,18,20,24,26,35,37,41,43,59-62,64-71,73-75,77-81H,3-5,7,9-11,13,15-17,19,21-23,25,27-34,36,38-40,42,44-58H2,1-2H3,(H,72,76)/b8-6-,14-12-,20-18-,26-24-,37-35-,43-41-. The maximum absolute atomic E-state index is 13.3. The summed E-state index contributed by atoms with van der Waals surface area (Å²) in [7, 11) is 0. The van der Waals surface area contributed by atoms with Crippen molar-refractivity contribution < 1.29 is 64.6 Å². The minimum Gasteiger partial charge on any atom is -0.394 e. The maximum Gasteiger partial charge on any atom is 0.220 e. The van der Waals surface area contributed by atoms with Gasteiger partial charge in [-0.15, -0.1) is 0 Å². The van der Waals surface area contributed by atoms with Gasteiger partial charge in [0.25, 0.3) is 0 Å². The van der Waals surface area contributed by atoms with Crippen LogP contribution in [0, 0.1) is 0 Å². The fourth-order valence-electron chi connectivity index (χ4n) is 11.2. The summed E-state index contributed by atoms with van der Waals surface area (Å²) >= 11 is 0. The van der Waals surface area contributed by atoms with Gasteiger partial charge in [-0.05, 0) is 64.2 Å². The fourth-order valence-corrected chi connectivity index (χ4v) is 11.2. The summed E-state index contributed by atoms with van der Waals surface area (Å²) < 4.78 is 22.9. The minimum atomic E-state index is -1.79. The van der Waals surface area contributed by atoms with Crippen LogP contribution in [0.1, 0.15) is 277 Å². The van der Waals surface area contributed by atoms with Crippen LogP contribution in [-0.2, 0) is 23.7 Å². The molecule has 0 aliphatic carbocycles. The molecule has 0 spiro atoms. The molecule has 2 saturated heterocycles. The van der Waals surface area contributed by atoms with Crippen molar-refractivity contribution >= 4 is 5.91 Å². The van der Waals surface area contributed by atoms with Crippen molar-refractivity contribution in [1.29, 1.82) is 0 Å². The summed E-state index contributed by atoms with van der Waals surface area (Å²) in [5.41, 5.74) is 0. The predicted molar refractivity (Wildman–Crippen MR) is 346 cm³/mol. The van der Waals surface area contributed by atoms with Crippen LogP contribution >= 0.6 is 0 Å². The van der Waals surface area contributed by atoms with E-state index in [4.69, 9.17) is 18.9 Å². The summed E-state index contributed by atoms with van der Waals surface area (Å²) in [6.07, 6.45) is 57.7. The molecule has 2 heterocycles. The molecule has 2 rings (SSSR count). The van der Waals surface area contributed by atoms with Crippen molar-refractivity contribution in [3.8, 4) is 0 Å². The third-order valence-corrected chi connectivity index (χ3v) is 16.7. The third-order valence-electron chi connectivity index (χ3n) is 16.7. The zero-order valence-electron chi connectivity index (χ0n) is 53.6. The average molecular weight is 1200 g/mol. The summed E-state index contributed by atoms with van der Waals surface area (Å²) in [5, 5.41) is 87.6. The summed E-state index contributed by atoms with van der Waals surface area (Å²) in [4.78, 5) is 13.3. The zero-order valence-corrected chi connectivity index (χ0v) is 53.6. The van der Waals surface area contributed by atoms with Crippen LogP contribution < -0.4 is 5.32 Å². The molecule has 494 valence electrons. The van der Waals surface area contributed by atoms with E-state index in [1.807, 2.05) is 0 Å². The highest BCUT2D eigenvalue weighted by Crippen LogP contribution is 2.30. The Kier molecular flexibility index (Phi) is 51.3. The quantitative estimate of drug-likeness (QED) is 0.0204. The Bertz CT molecular complexity index is 1700. The van der Waals surface area contributed by atoms with Gasteiger partial charge < -0.3 is 65.1 Å². The van der Waals surface area contributed by atoms with Crippen LogP contribution in [0.5, 0.6) is 0 Å². The van der Waals surface area contributed by atoms with Crippen LogP contribution in [0.3, 0.4) is 0 Å². The molecule has 0 radical (unpaired) electrons. The lowest BCUT2D eigenvalue weighted by Gasteiger charge is -2.46. The van der Waals surface area contributed by atoms with Gasteiger partial charge in [-0.2, -0.15) is 0 Å². The van der Waals surface area contributed by atoms with E-state index in [1.54, 1.807) is 0 Å². The first kappa shape index (κ1) is 78.5. The second kappa shape index (κ2) is 55.5. The molecular formula is C71H127NO13. The van der Waals surface area contributed by atoms with E-state index in [0.717, 1.165) is 89.9 Å². The molecule has 2 aliphatic rings. The number of rotatable bonds is 56. The van der Waals surface area contributed by atoms with Crippen molar-refractivity contribution in [3.63, 3.8) is 0 Å². The maximum atomic E-state index is 13.3. The number of nitrogens with one attached hydrogen (secondary N) is 1. The number of aliphatic hydroxyl groups is 8. The Morgan fingerprint density at radius 1 is 0.435 bits per heavy atom. The molecule has 0 bridgehead atoms. The number of amides is 1. The molecule has 85 heavy (non-hydrogen) atoms. The number of ether oxygens (including phenoxy) is 4. The Morgan fingerprint density at radius 2 is 0.812 bits per heavy atom. The lowest BCUT2D eigenvalue weighted by atomic mass is 9.97. The van der Waals surface area contributed by atoms with Gasteiger partial charge in [0.15, 0.2) is 12.6 Å². The van der Waals surface area contributed by atoms with E-state index in [-0.39, 0.29) is 18.9 Å². The number of hydrogen-bond acceptors (Lipinski definition) is 13. The molecule has 0 aromatic heterocycles. The highest BCUT2D eigenvalue weighted by molar-refractivity contribution is 5.76. The number of aliphatic hydroxyl groups excluding tert-OH is 8. The second-order valence-corrected chi connectivity index (χ2v) is 24.3. The van der Waals surface area contributed by atoms with Crippen molar-refractivity contribution in [1.82, 2.24) is 5.32 Å². The third kappa shape index (κ3) is 39.9. The van der Waals surface area contributed by atoms with E-state index >= 15 is 0 Å². The Morgan fingerprint density at radius 3 is 1.25 bits per heavy atom. The summed E-state index contributed by atoms with van der Waals surface area (Å²) in [5.74, 6) is -0.230. The van der Waals surface area contributed by atoms with Gasteiger partial charge >= 0.3 is 0 Å². The van der Waals surface area contributed by atoms with Crippen molar-refractivity contribution in [2.45, 2.75) is 351 Å². The van der Waals surface area contributed by atoms with E-state index in [9.17, 15) is 45.6 Å². The first-order valence-corrected chi connectivity index (χ1v) is 34.7. The Hall–Kier alpha value is -2.57. The van der Waals surface area contributed by atoms with Crippen molar-refractivity contribution in [3.05, 3.63) is 72.9 Å². The monoisotopic (exact) mass is 1200 g/mol. The van der Waals surface area contributed by atoms with Crippen LogP contribution in [0.25, 0.3) is 0 Å². The van der Waals surface area contributed by atoms with E-state index in [0.29, 0.717) is 12.8 Å². The second-order valence-electron chi connectivity index (χ2n) is 24.3. The van der Waals surface area contributed by atoms with Gasteiger partial charge in [0.05, 0.1) is 32.0 Å². The largest absolute Gasteiger partial charge is 0.394 e. The van der Waals surface area contributed by atoms with Gasteiger partial charge in [0.2, 0.25) is 5.91 Å². The lowest BCUT2D eigenvalue weighted by molar-refractivity contribution is -0.359. The molecule has 14 heteroatoms. The smallest absolute Gasteiger partial charge is 0.220 e. The average Bonchev–Trinajstić information content (AvgIpc) is 3.68. The molecule has 2 aliphatic heterocycles. The van der Waals surface area contributed by atoms with Crippen molar-refractivity contribution in [2.75, 3.05) is 19.8 Å². The molecule has 0 aromatic rings. The van der Waals surface area contributed by atoms with E-state index in [1.165, 1.54) is 154 Å². The Labute approximate surface area is 517 Å². The number of carbonyl (C=O) groups is 1. The van der Waals surface area contributed by atoms with Gasteiger partial charge in [0.1, 0.15) is 48.8 Å². The first-order chi connectivity index (χ1) is 41.6. The lowest BCUT2D eigenvalue weighted by Crippen LogP contribution is -2.65. The molecule has 12 unspecified atom stereocenters. The van der Waals surface area contributed by atoms with Crippen molar-refractivity contribution in [2.24, 2.45) is 0 Å². The molecule has 0 aromatic carbocycles. The molecule has 9 N–H and O–H groups in total. The predicted octanol–water partition coefficient (Wildman–Crippen LogP) is 13.8. The number of unbranched alkanes of at least 4 members (excludes halogenated alkanes) is 31. The molecule has 12 atom stereocenters. The van der Waals surface area contributed by atoms with Crippen LogP contribution in [0.4, 0.5) is 0 Å². The van der Waals surface area contributed by atoms with Gasteiger partial charge in [0, 0.05) is 6.42 Å². The first-order valence-electron chi connectivity index (χ1n) is 34.7. The highest BCUT2D eigenvalue weighted by Gasteiger charge is 2.51. The highest BCUT2D eigenvalue weighted by atomic mass is 16.7. The van der Waals surface area contributed by atoms with Gasteiger partial charge in [-0.25, -0.2) is 0 Å². The molecular weight excluding hydrogens is 1070 g/mol. The SMILES string of the molecule is CC/C=C\C/C=C\C/C=C\C/C=C\C/C=C\C/C=C\CCCCCCC(=O)NC(COC1OC(CO)C(OC2OC(CO)C(O)C(O)C2O)C(O)C1O)C(O)CCCCCCCCCCCCCCCCCCCCCCCCCCCCCC.